The highest BCUT2D eigenvalue weighted by Crippen LogP contribution is 2.32. The zero-order valence-electron chi connectivity index (χ0n) is 18.5. The summed E-state index contributed by atoms with van der Waals surface area (Å²) < 4.78 is 39.2. The number of allylic oxidation sites excluding steroid dienone is 2. The first-order valence-electron chi connectivity index (χ1n) is 10.5. The number of carbonyl (C=O) groups is 1. The number of nitrogens with two attached hydrogens (primary N) is 1. The first kappa shape index (κ1) is 25.3. The number of sulfone groups is 1. The van der Waals surface area contributed by atoms with Gasteiger partial charge in [0.25, 0.3) is 0 Å². The average molecular weight is 488 g/mol. The molecular formula is C24H26FN3O5S. The minimum atomic E-state index is -3.37. The van der Waals surface area contributed by atoms with E-state index in [1.165, 1.54) is 24.3 Å². The van der Waals surface area contributed by atoms with E-state index in [0.717, 1.165) is 23.0 Å². The lowest BCUT2D eigenvalue weighted by molar-refractivity contribution is -0.151. The predicted molar refractivity (Wildman–Crippen MR) is 125 cm³/mol. The highest BCUT2D eigenvalue weighted by Gasteiger charge is 2.21. The monoisotopic (exact) mass is 487 g/mol. The van der Waals surface area contributed by atoms with E-state index in [2.05, 4.69) is 9.82 Å². The fraction of sp³-hybridized carbons (Fsp3) is 0.250. The van der Waals surface area contributed by atoms with Crippen LogP contribution in [0.25, 0.3) is 5.57 Å². The van der Waals surface area contributed by atoms with Gasteiger partial charge in [-0.2, -0.15) is 0 Å². The molecule has 34 heavy (non-hydrogen) atoms. The van der Waals surface area contributed by atoms with Crippen LogP contribution in [0.3, 0.4) is 0 Å². The number of imidazole rings is 1. The van der Waals surface area contributed by atoms with Crippen LogP contribution in [0.5, 0.6) is 0 Å². The van der Waals surface area contributed by atoms with E-state index < -0.39 is 21.9 Å². The van der Waals surface area contributed by atoms with Crippen LogP contribution in [0.4, 0.5) is 4.39 Å². The van der Waals surface area contributed by atoms with Gasteiger partial charge in [-0.3, -0.25) is 4.84 Å². The number of nitrogens with zero attached hydrogens (tertiary/aromatic N) is 2. The molecule has 3 rings (SSSR count). The molecule has 0 aliphatic carbocycles. The summed E-state index contributed by atoms with van der Waals surface area (Å²) in [5, 5.41) is 9.21. The first-order valence-corrected chi connectivity index (χ1v) is 12.4. The Balaban J connectivity index is 2.03. The predicted octanol–water partition coefficient (Wildman–Crippen LogP) is 3.42. The van der Waals surface area contributed by atoms with Gasteiger partial charge in [0.15, 0.2) is 15.9 Å². The van der Waals surface area contributed by atoms with Crippen molar-refractivity contribution in [1.82, 2.24) is 9.55 Å². The molecule has 0 spiro atoms. The maximum atomic E-state index is 13.5. The molecule has 0 saturated heterocycles. The van der Waals surface area contributed by atoms with Gasteiger partial charge in [0.05, 0.1) is 17.3 Å². The van der Waals surface area contributed by atoms with Crippen molar-refractivity contribution in [2.45, 2.75) is 36.3 Å². The maximum Gasteiger partial charge on any atom is 0.334 e. The van der Waals surface area contributed by atoms with Crippen molar-refractivity contribution in [1.29, 1.82) is 0 Å². The standard InChI is InChI=1S/C24H26FN3O5S/c1-34(31,32)20-11-7-18(8-12-20)21(3-2-4-23(33-26)24(29)30)22(28-14-13-27-16-28)15-17-5-9-19(25)10-6-17/h3,5-14,16,22-23H,2,4,15,26H2,1H3,(H,29,30)/b21-3+. The van der Waals surface area contributed by atoms with Crippen LogP contribution in [0.1, 0.15) is 30.0 Å². The maximum absolute atomic E-state index is 13.5. The number of aliphatic carboxylic acids is 1. The number of carboxylic acids is 1. The van der Waals surface area contributed by atoms with E-state index in [-0.39, 0.29) is 23.2 Å². The molecule has 1 heterocycles. The molecule has 0 radical (unpaired) electrons. The van der Waals surface area contributed by atoms with E-state index in [4.69, 9.17) is 5.90 Å². The lowest BCUT2D eigenvalue weighted by Crippen LogP contribution is -2.26. The van der Waals surface area contributed by atoms with Crippen molar-refractivity contribution in [3.8, 4) is 0 Å². The molecule has 2 aromatic carbocycles. The lowest BCUT2D eigenvalue weighted by Gasteiger charge is -2.23. The molecule has 1 aromatic heterocycles. The van der Waals surface area contributed by atoms with E-state index >= 15 is 0 Å². The Kier molecular flexibility index (Phi) is 8.32. The van der Waals surface area contributed by atoms with E-state index in [9.17, 15) is 22.7 Å². The summed E-state index contributed by atoms with van der Waals surface area (Å²) in [7, 11) is -3.37. The van der Waals surface area contributed by atoms with Gasteiger partial charge in [0.1, 0.15) is 5.82 Å². The Morgan fingerprint density at radius 1 is 1.21 bits per heavy atom. The van der Waals surface area contributed by atoms with E-state index in [1.807, 2.05) is 10.6 Å². The van der Waals surface area contributed by atoms with Gasteiger partial charge in [0.2, 0.25) is 0 Å². The fourth-order valence-electron chi connectivity index (χ4n) is 3.65. The second-order valence-electron chi connectivity index (χ2n) is 7.85. The molecule has 0 fully saturated rings. The Hall–Kier alpha value is -3.34. The Morgan fingerprint density at radius 2 is 1.88 bits per heavy atom. The number of benzene rings is 2. The van der Waals surface area contributed by atoms with Crippen LogP contribution >= 0.6 is 0 Å². The summed E-state index contributed by atoms with van der Waals surface area (Å²) in [6.45, 7) is 0. The van der Waals surface area contributed by atoms with Gasteiger partial charge < -0.3 is 9.67 Å². The van der Waals surface area contributed by atoms with Crippen molar-refractivity contribution in [3.63, 3.8) is 0 Å². The van der Waals surface area contributed by atoms with E-state index in [0.29, 0.717) is 12.8 Å². The molecule has 8 nitrogen and oxygen atoms in total. The number of halogens is 1. The molecule has 0 bridgehead atoms. The minimum Gasteiger partial charge on any atom is -0.479 e. The molecular weight excluding hydrogens is 461 g/mol. The van der Waals surface area contributed by atoms with Crippen LogP contribution in [0.2, 0.25) is 0 Å². The average Bonchev–Trinajstić information content (AvgIpc) is 3.33. The summed E-state index contributed by atoms with van der Waals surface area (Å²) in [6, 6.07) is 12.4. The third-order valence-corrected chi connectivity index (χ3v) is 6.56. The Bertz CT molecular complexity index is 1220. The zero-order valence-corrected chi connectivity index (χ0v) is 19.4. The van der Waals surface area contributed by atoms with Gasteiger partial charge in [-0.15, -0.1) is 0 Å². The van der Waals surface area contributed by atoms with Crippen molar-refractivity contribution in [2.75, 3.05) is 6.26 Å². The summed E-state index contributed by atoms with van der Waals surface area (Å²) in [6.07, 6.45) is 7.95. The largest absolute Gasteiger partial charge is 0.479 e. The second kappa shape index (κ2) is 11.2. The molecule has 2 atom stereocenters. The summed E-state index contributed by atoms with van der Waals surface area (Å²) in [5.74, 6) is 3.61. The molecule has 0 aliphatic heterocycles. The second-order valence-corrected chi connectivity index (χ2v) is 9.87. The van der Waals surface area contributed by atoms with Crippen LogP contribution in [-0.4, -0.2) is 41.4 Å². The Morgan fingerprint density at radius 3 is 2.41 bits per heavy atom. The van der Waals surface area contributed by atoms with Crippen molar-refractivity contribution < 1.29 is 27.5 Å². The van der Waals surface area contributed by atoms with Gasteiger partial charge in [-0.25, -0.2) is 28.5 Å². The molecule has 0 saturated carbocycles. The Labute approximate surface area is 197 Å². The summed E-state index contributed by atoms with van der Waals surface area (Å²) in [4.78, 5) is 20.2. The fourth-order valence-corrected chi connectivity index (χ4v) is 4.28. The smallest absolute Gasteiger partial charge is 0.334 e. The minimum absolute atomic E-state index is 0.143. The summed E-state index contributed by atoms with van der Waals surface area (Å²) in [5.41, 5.74) is 2.46. The highest BCUT2D eigenvalue weighted by atomic mass is 32.2. The number of hydrogen-bond donors (Lipinski definition) is 2. The van der Waals surface area contributed by atoms with Gasteiger partial charge in [-0.1, -0.05) is 30.3 Å². The number of rotatable bonds is 11. The first-order chi connectivity index (χ1) is 16.2. The van der Waals surface area contributed by atoms with Crippen LogP contribution in [0, 0.1) is 5.82 Å². The molecule has 2 unspecified atom stereocenters. The molecule has 180 valence electrons. The molecule has 0 amide bonds. The third kappa shape index (κ3) is 6.60. The van der Waals surface area contributed by atoms with E-state index in [1.54, 1.807) is 43.0 Å². The van der Waals surface area contributed by atoms with Gasteiger partial charge in [-0.05, 0) is 60.2 Å². The topological polar surface area (TPSA) is 125 Å². The summed E-state index contributed by atoms with van der Waals surface area (Å²) >= 11 is 0. The normalized spacial score (nSPS) is 14.0. The molecule has 3 aromatic rings. The molecule has 3 N–H and O–H groups in total. The quantitative estimate of drug-likeness (QED) is 0.397. The van der Waals surface area contributed by atoms with Crippen molar-refractivity contribution in [3.05, 3.63) is 90.3 Å². The lowest BCUT2D eigenvalue weighted by atomic mass is 9.91. The van der Waals surface area contributed by atoms with Crippen LogP contribution in [0.15, 0.2) is 78.2 Å². The van der Waals surface area contributed by atoms with Gasteiger partial charge in [0, 0.05) is 18.6 Å². The number of aromatic nitrogens is 2. The number of hydrogen-bond acceptors (Lipinski definition) is 6. The van der Waals surface area contributed by atoms with Gasteiger partial charge >= 0.3 is 5.97 Å². The third-order valence-electron chi connectivity index (χ3n) is 5.43. The van der Waals surface area contributed by atoms with Crippen LogP contribution in [-0.2, 0) is 25.9 Å². The molecule has 0 aliphatic rings. The zero-order chi connectivity index (χ0) is 24.7. The molecule has 10 heteroatoms. The SMILES string of the molecule is CS(=O)(=O)c1ccc(/C(=C\CCC(ON)C(=O)O)C(Cc2ccc(F)cc2)n2ccnc2)cc1. The number of carboxylic acid groups (broad SMARTS) is 1. The van der Waals surface area contributed by atoms with Crippen molar-refractivity contribution >= 4 is 21.4 Å². The van der Waals surface area contributed by atoms with Crippen LogP contribution < -0.4 is 5.90 Å². The van der Waals surface area contributed by atoms with Crippen molar-refractivity contribution in [2.24, 2.45) is 5.90 Å². The highest BCUT2D eigenvalue weighted by molar-refractivity contribution is 7.90.